The van der Waals surface area contributed by atoms with E-state index in [0.29, 0.717) is 0 Å². The van der Waals surface area contributed by atoms with E-state index >= 15 is 0 Å². The topological polar surface area (TPSA) is 44.5 Å². The highest BCUT2D eigenvalue weighted by molar-refractivity contribution is 5.44. The molecule has 106 valence electrons. The van der Waals surface area contributed by atoms with E-state index in [1.165, 1.54) is 11.1 Å². The molecule has 0 aliphatic heterocycles. The zero-order valence-corrected chi connectivity index (χ0v) is 12.2. The van der Waals surface area contributed by atoms with Gasteiger partial charge in [0.2, 0.25) is 0 Å². The van der Waals surface area contributed by atoms with Gasteiger partial charge in [-0.15, -0.1) is 0 Å². The van der Waals surface area contributed by atoms with E-state index < -0.39 is 0 Å². The maximum atomic E-state index is 5.92. The lowest BCUT2D eigenvalue weighted by Gasteiger charge is -2.11. The van der Waals surface area contributed by atoms with Crippen LogP contribution in [0.3, 0.4) is 0 Å². The lowest BCUT2D eigenvalue weighted by molar-refractivity contribution is 0.354. The van der Waals surface area contributed by atoms with Gasteiger partial charge in [0, 0.05) is 6.04 Å². The predicted molar refractivity (Wildman–Crippen MR) is 81.4 cm³/mol. The highest BCUT2D eigenvalue weighted by Crippen LogP contribution is 2.28. The molecule has 2 rings (SSSR count). The van der Waals surface area contributed by atoms with E-state index in [1.807, 2.05) is 19.1 Å². The third-order valence-corrected chi connectivity index (χ3v) is 3.33. The first kappa shape index (κ1) is 14.4. The summed E-state index contributed by atoms with van der Waals surface area (Å²) in [4.78, 5) is 0. The first-order valence-electron chi connectivity index (χ1n) is 6.69. The maximum Gasteiger partial charge on any atom is 0.160 e. The highest BCUT2D eigenvalue weighted by Gasteiger charge is 2.06. The summed E-state index contributed by atoms with van der Waals surface area (Å²) in [5, 5.41) is 0. The fourth-order valence-electron chi connectivity index (χ4n) is 2.21. The summed E-state index contributed by atoms with van der Waals surface area (Å²) in [6, 6.07) is 14.4. The van der Waals surface area contributed by atoms with Crippen molar-refractivity contribution in [1.82, 2.24) is 0 Å². The maximum absolute atomic E-state index is 5.92. The molecule has 3 heteroatoms. The second-order valence-corrected chi connectivity index (χ2v) is 4.90. The van der Waals surface area contributed by atoms with Crippen LogP contribution in [0.4, 0.5) is 0 Å². The molecule has 0 aliphatic carbocycles. The molecule has 2 aromatic carbocycles. The van der Waals surface area contributed by atoms with Crippen LogP contribution in [0.15, 0.2) is 42.5 Å². The third-order valence-electron chi connectivity index (χ3n) is 3.33. The van der Waals surface area contributed by atoms with Crippen molar-refractivity contribution in [3.8, 4) is 11.5 Å². The van der Waals surface area contributed by atoms with Crippen LogP contribution in [-0.2, 0) is 6.42 Å². The van der Waals surface area contributed by atoms with Gasteiger partial charge in [0.1, 0.15) is 0 Å². The van der Waals surface area contributed by atoms with Crippen LogP contribution >= 0.6 is 0 Å². The Balaban J connectivity index is 2.23. The average Bonchev–Trinajstić information content (AvgIpc) is 2.47. The molecule has 0 aliphatic rings. The molecule has 0 bridgehead atoms. The van der Waals surface area contributed by atoms with Crippen LogP contribution in [0.1, 0.15) is 29.7 Å². The molecule has 20 heavy (non-hydrogen) atoms. The Kier molecular flexibility index (Phi) is 4.64. The van der Waals surface area contributed by atoms with Gasteiger partial charge in [0.15, 0.2) is 11.5 Å². The minimum Gasteiger partial charge on any atom is -0.493 e. The molecule has 0 spiro atoms. The molecule has 3 nitrogen and oxygen atoms in total. The van der Waals surface area contributed by atoms with E-state index in [0.717, 1.165) is 23.5 Å². The number of benzene rings is 2. The van der Waals surface area contributed by atoms with Crippen molar-refractivity contribution in [2.45, 2.75) is 19.4 Å². The van der Waals surface area contributed by atoms with E-state index in [4.69, 9.17) is 15.2 Å². The van der Waals surface area contributed by atoms with Crippen molar-refractivity contribution in [3.05, 3.63) is 59.2 Å². The summed E-state index contributed by atoms with van der Waals surface area (Å²) in [6.07, 6.45) is 0.848. The lowest BCUT2D eigenvalue weighted by atomic mass is 10.0. The summed E-state index contributed by atoms with van der Waals surface area (Å²) >= 11 is 0. The monoisotopic (exact) mass is 271 g/mol. The zero-order chi connectivity index (χ0) is 14.5. The first-order valence-corrected chi connectivity index (χ1v) is 6.69. The quantitative estimate of drug-likeness (QED) is 0.907. The Bertz CT molecular complexity index is 579. The second-order valence-electron chi connectivity index (χ2n) is 4.90. The van der Waals surface area contributed by atoms with Crippen LogP contribution in [-0.4, -0.2) is 14.2 Å². The van der Waals surface area contributed by atoms with Crippen LogP contribution < -0.4 is 15.2 Å². The number of ether oxygens (including phenoxy) is 2. The minimum atomic E-state index is 0.0559. The Morgan fingerprint density at radius 3 is 2.30 bits per heavy atom. The Hall–Kier alpha value is -2.00. The molecule has 1 atom stereocenters. The molecule has 0 saturated carbocycles. The Morgan fingerprint density at radius 2 is 1.65 bits per heavy atom. The molecule has 1 unspecified atom stereocenters. The summed E-state index contributed by atoms with van der Waals surface area (Å²) in [5.41, 5.74) is 9.51. The summed E-state index contributed by atoms with van der Waals surface area (Å²) in [5.74, 6) is 1.51. The van der Waals surface area contributed by atoms with Crippen molar-refractivity contribution in [2.24, 2.45) is 5.73 Å². The van der Waals surface area contributed by atoms with Gasteiger partial charge in [-0.25, -0.2) is 0 Å². The fraction of sp³-hybridized carbons (Fsp3) is 0.294. The second kappa shape index (κ2) is 6.44. The number of rotatable bonds is 5. The lowest BCUT2D eigenvalue weighted by Crippen LogP contribution is -2.05. The zero-order valence-electron chi connectivity index (χ0n) is 12.2. The van der Waals surface area contributed by atoms with E-state index in [2.05, 4.69) is 30.3 Å². The SMILES string of the molecule is COc1ccc(Cc2cccc(C(C)N)c2)cc1OC. The van der Waals surface area contributed by atoms with E-state index in [9.17, 15) is 0 Å². The molecular weight excluding hydrogens is 250 g/mol. The molecule has 0 heterocycles. The number of hydrogen-bond donors (Lipinski definition) is 1. The molecule has 0 amide bonds. The molecule has 0 radical (unpaired) electrons. The Labute approximate surface area is 120 Å². The molecule has 0 saturated heterocycles. The fourth-order valence-corrected chi connectivity index (χ4v) is 2.21. The molecule has 0 fully saturated rings. The van der Waals surface area contributed by atoms with Crippen molar-refractivity contribution in [3.63, 3.8) is 0 Å². The number of methoxy groups -OCH3 is 2. The largest absolute Gasteiger partial charge is 0.493 e. The van der Waals surface area contributed by atoms with Crippen LogP contribution in [0.5, 0.6) is 11.5 Å². The third kappa shape index (κ3) is 3.31. The smallest absolute Gasteiger partial charge is 0.160 e. The molecular formula is C17H21NO2. The minimum absolute atomic E-state index is 0.0559. The number of hydrogen-bond acceptors (Lipinski definition) is 3. The van der Waals surface area contributed by atoms with Crippen molar-refractivity contribution < 1.29 is 9.47 Å². The van der Waals surface area contributed by atoms with Crippen molar-refractivity contribution >= 4 is 0 Å². The van der Waals surface area contributed by atoms with Crippen LogP contribution in [0.2, 0.25) is 0 Å². The van der Waals surface area contributed by atoms with Gasteiger partial charge in [-0.2, -0.15) is 0 Å². The molecule has 2 aromatic rings. The molecule has 0 aromatic heterocycles. The number of nitrogens with two attached hydrogens (primary N) is 1. The summed E-state index contributed by atoms with van der Waals surface area (Å²) in [6.45, 7) is 2.00. The van der Waals surface area contributed by atoms with Crippen LogP contribution in [0.25, 0.3) is 0 Å². The van der Waals surface area contributed by atoms with Crippen molar-refractivity contribution in [1.29, 1.82) is 0 Å². The average molecular weight is 271 g/mol. The highest BCUT2D eigenvalue weighted by atomic mass is 16.5. The van der Waals surface area contributed by atoms with Gasteiger partial charge in [0.05, 0.1) is 14.2 Å². The van der Waals surface area contributed by atoms with Crippen molar-refractivity contribution in [2.75, 3.05) is 14.2 Å². The van der Waals surface area contributed by atoms with Crippen LogP contribution in [0, 0.1) is 0 Å². The van der Waals surface area contributed by atoms with Gasteiger partial charge < -0.3 is 15.2 Å². The van der Waals surface area contributed by atoms with Gasteiger partial charge in [-0.05, 0) is 42.2 Å². The van der Waals surface area contributed by atoms with E-state index in [1.54, 1.807) is 14.2 Å². The standard InChI is InChI=1S/C17H21NO2/c1-12(18)15-6-4-5-13(10-15)9-14-7-8-16(19-2)17(11-14)20-3/h4-8,10-12H,9,18H2,1-3H3. The Morgan fingerprint density at radius 1 is 0.950 bits per heavy atom. The summed E-state index contributed by atoms with van der Waals surface area (Å²) in [7, 11) is 3.29. The van der Waals surface area contributed by atoms with E-state index in [-0.39, 0.29) is 6.04 Å². The van der Waals surface area contributed by atoms with Gasteiger partial charge in [-0.1, -0.05) is 30.3 Å². The van der Waals surface area contributed by atoms with Gasteiger partial charge in [0.25, 0.3) is 0 Å². The first-order chi connectivity index (χ1) is 9.63. The summed E-state index contributed by atoms with van der Waals surface area (Å²) < 4.78 is 10.6. The molecule has 2 N–H and O–H groups in total. The van der Waals surface area contributed by atoms with Gasteiger partial charge in [-0.3, -0.25) is 0 Å². The normalized spacial score (nSPS) is 12.0. The van der Waals surface area contributed by atoms with Gasteiger partial charge >= 0.3 is 0 Å². The predicted octanol–water partition coefficient (Wildman–Crippen LogP) is 3.31.